The quantitative estimate of drug-likeness (QED) is 0.471. The van der Waals surface area contributed by atoms with Crippen LogP contribution in [0.25, 0.3) is 6.08 Å². The van der Waals surface area contributed by atoms with E-state index in [2.05, 4.69) is 9.47 Å². The summed E-state index contributed by atoms with van der Waals surface area (Å²) in [6.45, 7) is -2.98. The molecule has 20 heavy (non-hydrogen) atoms. The lowest BCUT2D eigenvalue weighted by Gasteiger charge is -2.10. The molecule has 7 heteroatoms. The van der Waals surface area contributed by atoms with Gasteiger partial charge in [0.2, 0.25) is 0 Å². The van der Waals surface area contributed by atoms with Crippen LogP contribution in [0.3, 0.4) is 0 Å². The number of nitrogens with zero attached hydrogens (tertiary/aromatic N) is 1. The normalized spacial score (nSPS) is 10.9. The highest BCUT2D eigenvalue weighted by Crippen LogP contribution is 2.30. The molecule has 0 saturated heterocycles. The third-order valence-electron chi connectivity index (χ3n) is 2.24. The molecule has 1 aromatic rings. The van der Waals surface area contributed by atoms with E-state index >= 15 is 0 Å². The molecule has 0 bridgehead atoms. The van der Waals surface area contributed by atoms with Crippen molar-refractivity contribution >= 4 is 12.0 Å². The summed E-state index contributed by atoms with van der Waals surface area (Å²) in [6.07, 6.45) is 1.25. The minimum absolute atomic E-state index is 0.0567. The molecule has 0 aliphatic heterocycles. The Balaban J connectivity index is 3.13. The lowest BCUT2D eigenvalue weighted by Crippen LogP contribution is -2.04. The first-order chi connectivity index (χ1) is 9.51. The van der Waals surface area contributed by atoms with E-state index < -0.39 is 12.6 Å². The lowest BCUT2D eigenvalue weighted by atomic mass is 10.1. The van der Waals surface area contributed by atoms with Crippen LogP contribution >= 0.6 is 0 Å². The van der Waals surface area contributed by atoms with Crippen LogP contribution in [0.15, 0.2) is 23.8 Å². The summed E-state index contributed by atoms with van der Waals surface area (Å²) in [5, 5.41) is 8.81. The smallest absolute Gasteiger partial charge is 0.387 e. The number of alkyl halides is 2. The molecule has 0 spiro atoms. The van der Waals surface area contributed by atoms with Gasteiger partial charge in [0.15, 0.2) is 11.5 Å². The van der Waals surface area contributed by atoms with Crippen LogP contribution in [0.1, 0.15) is 5.56 Å². The van der Waals surface area contributed by atoms with Crippen molar-refractivity contribution in [2.75, 3.05) is 14.2 Å². The second-order valence-corrected chi connectivity index (χ2v) is 3.45. The molecule has 1 aromatic carbocycles. The van der Waals surface area contributed by atoms with Gasteiger partial charge in [-0.2, -0.15) is 14.0 Å². The van der Waals surface area contributed by atoms with Crippen LogP contribution in [0.2, 0.25) is 0 Å². The molecule has 106 valence electrons. The van der Waals surface area contributed by atoms with E-state index in [0.717, 1.165) is 7.11 Å². The van der Waals surface area contributed by atoms with Crippen LogP contribution < -0.4 is 9.47 Å². The molecular formula is C13H11F2NO4. The van der Waals surface area contributed by atoms with E-state index in [-0.39, 0.29) is 17.1 Å². The number of halogens is 2. The molecule has 0 heterocycles. The first kappa shape index (κ1) is 15.4. The van der Waals surface area contributed by atoms with Gasteiger partial charge in [-0.15, -0.1) is 0 Å². The molecule has 0 saturated carbocycles. The van der Waals surface area contributed by atoms with Gasteiger partial charge in [-0.3, -0.25) is 0 Å². The standard InChI is InChI=1S/C13H11F2NO4/c1-18-11-6-8(3-4-10(11)20-13(14)15)5-9(7-16)12(17)19-2/h3-6,13H,1-2H3/b9-5+. The highest BCUT2D eigenvalue weighted by Gasteiger charge is 2.12. The Kier molecular flexibility index (Phi) is 5.47. The Labute approximate surface area is 114 Å². The summed E-state index contributed by atoms with van der Waals surface area (Å²) in [5.41, 5.74) is 0.183. The predicted molar refractivity (Wildman–Crippen MR) is 65.2 cm³/mol. The fourth-order valence-electron chi connectivity index (χ4n) is 1.38. The van der Waals surface area contributed by atoms with Gasteiger partial charge in [-0.1, -0.05) is 6.07 Å². The van der Waals surface area contributed by atoms with E-state index in [9.17, 15) is 13.6 Å². The largest absolute Gasteiger partial charge is 0.493 e. The van der Waals surface area contributed by atoms with Crippen LogP contribution in [-0.4, -0.2) is 26.8 Å². The molecule has 0 aromatic heterocycles. The van der Waals surface area contributed by atoms with Crippen LogP contribution in [0.5, 0.6) is 11.5 Å². The lowest BCUT2D eigenvalue weighted by molar-refractivity contribution is -0.135. The third kappa shape index (κ3) is 3.95. The Morgan fingerprint density at radius 3 is 2.55 bits per heavy atom. The number of hydrogen-bond acceptors (Lipinski definition) is 5. The van der Waals surface area contributed by atoms with E-state index in [0.29, 0.717) is 5.56 Å². The minimum Gasteiger partial charge on any atom is -0.493 e. The number of nitriles is 1. The van der Waals surface area contributed by atoms with Crippen molar-refractivity contribution in [3.8, 4) is 17.6 Å². The number of hydrogen-bond donors (Lipinski definition) is 0. The summed E-state index contributed by atoms with van der Waals surface area (Å²) in [6, 6.07) is 5.70. The van der Waals surface area contributed by atoms with Gasteiger partial charge in [0.25, 0.3) is 0 Å². The van der Waals surface area contributed by atoms with Gasteiger partial charge >= 0.3 is 12.6 Å². The summed E-state index contributed by atoms with van der Waals surface area (Å²) >= 11 is 0. The molecule has 0 N–H and O–H groups in total. The molecule has 0 atom stereocenters. The van der Waals surface area contributed by atoms with Crippen molar-refractivity contribution in [3.63, 3.8) is 0 Å². The minimum atomic E-state index is -2.98. The second-order valence-electron chi connectivity index (χ2n) is 3.45. The molecular weight excluding hydrogens is 272 g/mol. The van der Waals surface area contributed by atoms with Gasteiger partial charge in [0, 0.05) is 0 Å². The first-order valence-corrected chi connectivity index (χ1v) is 5.34. The fraction of sp³-hybridized carbons (Fsp3) is 0.231. The van der Waals surface area contributed by atoms with Gasteiger partial charge in [-0.25, -0.2) is 4.79 Å². The van der Waals surface area contributed by atoms with Crippen molar-refractivity contribution in [2.24, 2.45) is 0 Å². The van der Waals surface area contributed by atoms with Crippen molar-refractivity contribution in [2.45, 2.75) is 6.61 Å². The average molecular weight is 283 g/mol. The second kappa shape index (κ2) is 7.09. The van der Waals surface area contributed by atoms with Crippen molar-refractivity contribution in [3.05, 3.63) is 29.3 Å². The van der Waals surface area contributed by atoms with Gasteiger partial charge in [0.1, 0.15) is 11.6 Å². The molecule has 0 amide bonds. The maximum absolute atomic E-state index is 12.2. The van der Waals surface area contributed by atoms with E-state index in [1.807, 2.05) is 0 Å². The van der Waals surface area contributed by atoms with Crippen molar-refractivity contribution < 1.29 is 27.8 Å². The van der Waals surface area contributed by atoms with Crippen LogP contribution in [0, 0.1) is 11.3 Å². The average Bonchev–Trinajstić information content (AvgIpc) is 2.44. The van der Waals surface area contributed by atoms with Gasteiger partial charge in [0.05, 0.1) is 14.2 Å². The first-order valence-electron chi connectivity index (χ1n) is 5.34. The molecule has 0 unspecified atom stereocenters. The monoisotopic (exact) mass is 283 g/mol. The number of rotatable bonds is 5. The number of carbonyl (C=O) groups excluding carboxylic acids is 1. The number of benzene rings is 1. The number of methoxy groups -OCH3 is 2. The highest BCUT2D eigenvalue weighted by atomic mass is 19.3. The summed E-state index contributed by atoms with van der Waals surface area (Å²) < 4.78 is 37.9. The fourth-order valence-corrected chi connectivity index (χ4v) is 1.38. The number of carbonyl (C=O) groups is 1. The SMILES string of the molecule is COC(=O)/C(C#N)=C/c1ccc(OC(F)F)c(OC)c1. The summed E-state index contributed by atoms with van der Waals surface area (Å²) in [7, 11) is 2.43. The third-order valence-corrected chi connectivity index (χ3v) is 2.24. The Morgan fingerprint density at radius 1 is 1.35 bits per heavy atom. The summed E-state index contributed by atoms with van der Waals surface area (Å²) in [4.78, 5) is 11.2. The zero-order valence-electron chi connectivity index (χ0n) is 10.7. The molecule has 0 aliphatic rings. The number of esters is 1. The highest BCUT2D eigenvalue weighted by molar-refractivity contribution is 5.97. The maximum Gasteiger partial charge on any atom is 0.387 e. The van der Waals surface area contributed by atoms with Crippen LogP contribution in [-0.2, 0) is 9.53 Å². The molecule has 0 radical (unpaired) electrons. The Bertz CT molecular complexity index is 564. The Morgan fingerprint density at radius 2 is 2.05 bits per heavy atom. The maximum atomic E-state index is 12.2. The van der Waals surface area contributed by atoms with E-state index in [1.165, 1.54) is 31.4 Å². The van der Waals surface area contributed by atoms with Crippen LogP contribution in [0.4, 0.5) is 8.78 Å². The molecule has 1 rings (SSSR count). The zero-order chi connectivity index (χ0) is 15.1. The predicted octanol–water partition coefficient (Wildman–Crippen LogP) is 2.38. The van der Waals surface area contributed by atoms with E-state index in [4.69, 9.17) is 10.00 Å². The summed E-state index contributed by atoms with van der Waals surface area (Å²) in [5.74, 6) is -0.878. The topological polar surface area (TPSA) is 68.6 Å². The van der Waals surface area contributed by atoms with E-state index in [1.54, 1.807) is 6.07 Å². The molecule has 0 aliphatic carbocycles. The zero-order valence-corrected chi connectivity index (χ0v) is 10.7. The Hall–Kier alpha value is -2.62. The van der Waals surface area contributed by atoms with Crippen molar-refractivity contribution in [1.82, 2.24) is 0 Å². The molecule has 5 nitrogen and oxygen atoms in total. The van der Waals surface area contributed by atoms with Gasteiger partial charge in [-0.05, 0) is 23.8 Å². The van der Waals surface area contributed by atoms with Crippen molar-refractivity contribution in [1.29, 1.82) is 5.26 Å². The molecule has 0 fully saturated rings. The number of ether oxygens (including phenoxy) is 3. The van der Waals surface area contributed by atoms with Gasteiger partial charge < -0.3 is 14.2 Å².